The molecule has 1 aromatic rings. The third-order valence-corrected chi connectivity index (χ3v) is 3.92. The van der Waals surface area contributed by atoms with Gasteiger partial charge in [0.05, 0.1) is 0 Å². The van der Waals surface area contributed by atoms with Gasteiger partial charge in [0, 0.05) is 30.3 Å². The first-order valence-electron chi connectivity index (χ1n) is 6.00. The van der Waals surface area contributed by atoms with Gasteiger partial charge in [-0.2, -0.15) is 9.36 Å². The van der Waals surface area contributed by atoms with Gasteiger partial charge >= 0.3 is 0 Å². The number of nitrogens with zero attached hydrogens (tertiary/aromatic N) is 2. The number of alkyl halides is 2. The second-order valence-corrected chi connectivity index (χ2v) is 5.58. The van der Waals surface area contributed by atoms with E-state index in [4.69, 9.17) is 4.74 Å². The molecule has 3 nitrogen and oxygen atoms in total. The molecular weight excluding hydrogens is 246 g/mol. The fraction of sp³-hybridized carbons (Fsp3) is 0.818. The van der Waals surface area contributed by atoms with Gasteiger partial charge in [0.25, 0.3) is 5.19 Å². The van der Waals surface area contributed by atoms with E-state index in [-0.39, 0.29) is 18.9 Å². The van der Waals surface area contributed by atoms with Crippen molar-refractivity contribution in [2.75, 3.05) is 0 Å². The zero-order valence-electron chi connectivity index (χ0n) is 9.36. The van der Waals surface area contributed by atoms with Crippen molar-refractivity contribution in [2.45, 2.75) is 56.5 Å². The van der Waals surface area contributed by atoms with Crippen LogP contribution in [0.3, 0.4) is 0 Å². The molecule has 0 N–H and O–H groups in total. The van der Waals surface area contributed by atoms with Crippen molar-refractivity contribution in [3.8, 4) is 5.19 Å². The maximum atomic E-state index is 13.0. The van der Waals surface area contributed by atoms with Gasteiger partial charge in [-0.15, -0.1) is 0 Å². The largest absolute Gasteiger partial charge is 0.466 e. The molecule has 0 bridgehead atoms. The van der Waals surface area contributed by atoms with Gasteiger partial charge in [0.1, 0.15) is 11.9 Å². The quantitative estimate of drug-likeness (QED) is 0.835. The molecule has 94 valence electrons. The molecular formula is C11H14F2N2OS. The first kappa shape index (κ1) is 11.3. The Morgan fingerprint density at radius 3 is 2.53 bits per heavy atom. The lowest BCUT2D eigenvalue weighted by Crippen LogP contribution is -2.30. The summed E-state index contributed by atoms with van der Waals surface area (Å²) in [7, 11) is 0. The van der Waals surface area contributed by atoms with E-state index in [0.717, 1.165) is 18.7 Å². The maximum Gasteiger partial charge on any atom is 0.293 e. The molecule has 0 aromatic carbocycles. The van der Waals surface area contributed by atoms with Gasteiger partial charge in [-0.3, -0.25) is 0 Å². The minimum atomic E-state index is -2.50. The fourth-order valence-corrected chi connectivity index (χ4v) is 2.72. The van der Waals surface area contributed by atoms with Gasteiger partial charge in [-0.25, -0.2) is 8.78 Å². The van der Waals surface area contributed by atoms with E-state index in [0.29, 0.717) is 24.0 Å². The summed E-state index contributed by atoms with van der Waals surface area (Å²) in [6.45, 7) is 0. The normalized spacial score (nSPS) is 24.8. The Morgan fingerprint density at radius 2 is 1.88 bits per heavy atom. The Kier molecular flexibility index (Phi) is 2.77. The lowest BCUT2D eigenvalue weighted by atomic mass is 9.94. The van der Waals surface area contributed by atoms with Crippen molar-refractivity contribution in [1.29, 1.82) is 0 Å². The molecule has 17 heavy (non-hydrogen) atoms. The standard InChI is InChI=1S/C11H14F2N2OS/c12-11(13)5-3-8(4-6-11)16-10-14-9(15-17-10)7-1-2-7/h7-8H,1-6H2. The average Bonchev–Trinajstić information content (AvgIpc) is 3.03. The lowest BCUT2D eigenvalue weighted by Gasteiger charge is -2.27. The number of aromatic nitrogens is 2. The van der Waals surface area contributed by atoms with Crippen molar-refractivity contribution < 1.29 is 13.5 Å². The molecule has 0 aliphatic heterocycles. The molecule has 2 saturated carbocycles. The highest BCUT2D eigenvalue weighted by Crippen LogP contribution is 2.40. The van der Waals surface area contributed by atoms with Gasteiger partial charge < -0.3 is 4.74 Å². The second-order valence-electron chi connectivity index (χ2n) is 4.87. The number of hydrogen-bond donors (Lipinski definition) is 0. The highest BCUT2D eigenvalue weighted by atomic mass is 32.1. The van der Waals surface area contributed by atoms with E-state index in [9.17, 15) is 8.78 Å². The van der Waals surface area contributed by atoms with Crippen molar-refractivity contribution in [2.24, 2.45) is 0 Å². The van der Waals surface area contributed by atoms with Crippen LogP contribution in [-0.4, -0.2) is 21.4 Å². The van der Waals surface area contributed by atoms with Crippen LogP contribution in [0.25, 0.3) is 0 Å². The monoisotopic (exact) mass is 260 g/mol. The molecule has 0 saturated heterocycles. The molecule has 2 aliphatic carbocycles. The van der Waals surface area contributed by atoms with Gasteiger partial charge in [0.15, 0.2) is 0 Å². The predicted octanol–water partition coefficient (Wildman–Crippen LogP) is 3.37. The molecule has 1 heterocycles. The Labute approximate surface area is 102 Å². The average molecular weight is 260 g/mol. The number of hydrogen-bond acceptors (Lipinski definition) is 4. The molecule has 6 heteroatoms. The number of halogens is 2. The third kappa shape index (κ3) is 2.73. The number of rotatable bonds is 3. The Balaban J connectivity index is 1.55. The van der Waals surface area contributed by atoms with E-state index in [2.05, 4.69) is 9.36 Å². The van der Waals surface area contributed by atoms with E-state index in [1.165, 1.54) is 11.5 Å². The molecule has 1 aromatic heterocycles. The van der Waals surface area contributed by atoms with Crippen LogP contribution >= 0.6 is 11.5 Å². The maximum absolute atomic E-state index is 13.0. The molecule has 2 fully saturated rings. The smallest absolute Gasteiger partial charge is 0.293 e. The molecule has 2 aliphatic rings. The summed E-state index contributed by atoms with van der Waals surface area (Å²) in [6, 6.07) is 0. The van der Waals surface area contributed by atoms with Crippen molar-refractivity contribution in [1.82, 2.24) is 9.36 Å². The molecule has 0 radical (unpaired) electrons. The van der Waals surface area contributed by atoms with Crippen molar-refractivity contribution in [3.63, 3.8) is 0 Å². The van der Waals surface area contributed by atoms with Gasteiger partial charge in [-0.05, 0) is 25.7 Å². The first-order chi connectivity index (χ1) is 8.12. The third-order valence-electron chi connectivity index (χ3n) is 3.30. The summed E-state index contributed by atoms with van der Waals surface area (Å²) in [5, 5.41) is 0.544. The Morgan fingerprint density at radius 1 is 1.18 bits per heavy atom. The van der Waals surface area contributed by atoms with Crippen molar-refractivity contribution in [3.05, 3.63) is 5.82 Å². The van der Waals surface area contributed by atoms with Gasteiger partial charge in [-0.1, -0.05) is 0 Å². The summed E-state index contributed by atoms with van der Waals surface area (Å²) in [5.41, 5.74) is 0. The highest BCUT2D eigenvalue weighted by Gasteiger charge is 2.36. The summed E-state index contributed by atoms with van der Waals surface area (Å²) >= 11 is 1.24. The SMILES string of the molecule is FC1(F)CCC(Oc2nc(C3CC3)ns2)CC1. The fourth-order valence-electron chi connectivity index (χ4n) is 2.05. The van der Waals surface area contributed by atoms with Crippen LogP contribution in [0.5, 0.6) is 5.19 Å². The number of ether oxygens (including phenoxy) is 1. The second kappa shape index (κ2) is 4.15. The van der Waals surface area contributed by atoms with Gasteiger partial charge in [0.2, 0.25) is 5.92 Å². The molecule has 0 spiro atoms. The van der Waals surface area contributed by atoms with Crippen LogP contribution < -0.4 is 4.74 Å². The van der Waals surface area contributed by atoms with E-state index < -0.39 is 5.92 Å². The summed E-state index contributed by atoms with van der Waals surface area (Å²) in [4.78, 5) is 4.30. The predicted molar refractivity (Wildman–Crippen MR) is 59.7 cm³/mol. The molecule has 0 unspecified atom stereocenters. The van der Waals surface area contributed by atoms with Crippen LogP contribution in [-0.2, 0) is 0 Å². The topological polar surface area (TPSA) is 35.0 Å². The minimum absolute atomic E-state index is 0.0774. The minimum Gasteiger partial charge on any atom is -0.466 e. The zero-order valence-corrected chi connectivity index (χ0v) is 10.2. The van der Waals surface area contributed by atoms with Crippen LogP contribution in [0.1, 0.15) is 50.3 Å². The first-order valence-corrected chi connectivity index (χ1v) is 6.78. The van der Waals surface area contributed by atoms with Crippen LogP contribution in [0.4, 0.5) is 8.78 Å². The Bertz CT molecular complexity index is 396. The van der Waals surface area contributed by atoms with Crippen LogP contribution in [0, 0.1) is 0 Å². The van der Waals surface area contributed by atoms with E-state index in [1.54, 1.807) is 0 Å². The molecule has 0 atom stereocenters. The molecule has 3 rings (SSSR count). The Hall–Kier alpha value is -0.780. The van der Waals surface area contributed by atoms with Crippen LogP contribution in [0.2, 0.25) is 0 Å². The highest BCUT2D eigenvalue weighted by molar-refractivity contribution is 7.07. The zero-order chi connectivity index (χ0) is 11.9. The van der Waals surface area contributed by atoms with E-state index in [1.807, 2.05) is 0 Å². The summed E-state index contributed by atoms with van der Waals surface area (Å²) in [5.74, 6) is -1.12. The summed E-state index contributed by atoms with van der Waals surface area (Å²) in [6.07, 6.45) is 2.86. The lowest BCUT2D eigenvalue weighted by molar-refractivity contribution is -0.0582. The molecule has 0 amide bonds. The van der Waals surface area contributed by atoms with Crippen LogP contribution in [0.15, 0.2) is 0 Å². The van der Waals surface area contributed by atoms with Crippen molar-refractivity contribution >= 4 is 11.5 Å². The van der Waals surface area contributed by atoms with E-state index >= 15 is 0 Å². The summed E-state index contributed by atoms with van der Waals surface area (Å²) < 4.78 is 35.8.